The molecule has 1 rings (SSSR count). The predicted octanol–water partition coefficient (Wildman–Crippen LogP) is 0.701. The van der Waals surface area contributed by atoms with Crippen LogP contribution in [0.5, 0.6) is 0 Å². The van der Waals surface area contributed by atoms with Gasteiger partial charge in [-0.2, -0.15) is 0 Å². The van der Waals surface area contributed by atoms with Crippen molar-refractivity contribution in [2.75, 3.05) is 19.4 Å². The lowest BCUT2D eigenvalue weighted by Gasteiger charge is -2.05. The molecule has 0 bridgehead atoms. The summed E-state index contributed by atoms with van der Waals surface area (Å²) in [5.41, 5.74) is 1.43. The minimum Gasteiger partial charge on any atom is -0.461 e. The summed E-state index contributed by atoms with van der Waals surface area (Å²) in [6.07, 6.45) is 1.05. The Labute approximate surface area is 101 Å². The smallest absolute Gasteiger partial charge is 0.338 e. The van der Waals surface area contributed by atoms with Crippen molar-refractivity contribution in [1.29, 1.82) is 0 Å². The Morgan fingerprint density at radius 2 is 2.12 bits per heavy atom. The van der Waals surface area contributed by atoms with Crippen LogP contribution in [0.3, 0.4) is 0 Å². The highest BCUT2D eigenvalue weighted by Crippen LogP contribution is 2.05. The Bertz CT molecular complexity index is 496. The number of nitrogens with one attached hydrogen (secondary N) is 1. The van der Waals surface area contributed by atoms with E-state index in [0.717, 1.165) is 11.8 Å². The third-order valence-electron chi connectivity index (χ3n) is 1.95. The predicted molar refractivity (Wildman–Crippen MR) is 64.3 cm³/mol. The first kappa shape index (κ1) is 13.7. The molecule has 1 aromatic carbocycles. The van der Waals surface area contributed by atoms with E-state index in [1.54, 1.807) is 18.2 Å². The fraction of sp³-hybridized carbons (Fsp3) is 0.364. The normalized spacial score (nSPS) is 11.2. The summed E-state index contributed by atoms with van der Waals surface area (Å²) in [4.78, 5) is 11.5. The molecule has 5 nitrogen and oxygen atoms in total. The van der Waals surface area contributed by atoms with Crippen LogP contribution in [0, 0.1) is 6.92 Å². The molecule has 0 unspecified atom stereocenters. The van der Waals surface area contributed by atoms with Crippen molar-refractivity contribution < 1.29 is 17.9 Å². The van der Waals surface area contributed by atoms with Gasteiger partial charge >= 0.3 is 5.97 Å². The van der Waals surface area contributed by atoms with Crippen LogP contribution in [0.15, 0.2) is 24.3 Å². The van der Waals surface area contributed by atoms with Gasteiger partial charge in [0.25, 0.3) is 0 Å². The largest absolute Gasteiger partial charge is 0.461 e. The van der Waals surface area contributed by atoms with Crippen molar-refractivity contribution in [1.82, 2.24) is 4.72 Å². The van der Waals surface area contributed by atoms with Crippen LogP contribution in [-0.4, -0.2) is 33.8 Å². The summed E-state index contributed by atoms with van der Waals surface area (Å²) in [5.74, 6) is -0.455. The van der Waals surface area contributed by atoms with Crippen molar-refractivity contribution in [2.24, 2.45) is 0 Å². The van der Waals surface area contributed by atoms with Crippen molar-refractivity contribution in [3.63, 3.8) is 0 Å². The molecule has 0 spiro atoms. The van der Waals surface area contributed by atoms with Gasteiger partial charge in [0, 0.05) is 6.54 Å². The number of esters is 1. The van der Waals surface area contributed by atoms with Crippen molar-refractivity contribution >= 4 is 16.0 Å². The fourth-order valence-corrected chi connectivity index (χ4v) is 1.68. The van der Waals surface area contributed by atoms with Crippen LogP contribution in [-0.2, 0) is 14.8 Å². The number of benzene rings is 1. The van der Waals surface area contributed by atoms with Gasteiger partial charge in [-0.1, -0.05) is 17.7 Å². The molecule has 0 aromatic heterocycles. The number of hydrogen-bond donors (Lipinski definition) is 1. The van der Waals surface area contributed by atoms with Crippen LogP contribution < -0.4 is 4.72 Å². The molecule has 0 aliphatic heterocycles. The highest BCUT2D eigenvalue weighted by atomic mass is 32.2. The standard InChI is InChI=1S/C11H15NO4S/c1-9-4-3-5-10(8-9)11(13)16-7-6-12-17(2,14)15/h3-5,8,12H,6-7H2,1-2H3. The Balaban J connectivity index is 2.41. The lowest BCUT2D eigenvalue weighted by molar-refractivity contribution is 0.0513. The summed E-state index contributed by atoms with van der Waals surface area (Å²) < 4.78 is 28.6. The lowest BCUT2D eigenvalue weighted by Crippen LogP contribution is -2.26. The molecule has 0 saturated heterocycles. The molecule has 1 N–H and O–H groups in total. The maximum Gasteiger partial charge on any atom is 0.338 e. The van der Waals surface area contributed by atoms with Gasteiger partial charge in [-0.25, -0.2) is 17.9 Å². The van der Waals surface area contributed by atoms with E-state index in [-0.39, 0.29) is 13.2 Å². The topological polar surface area (TPSA) is 72.5 Å². The van der Waals surface area contributed by atoms with Crippen molar-refractivity contribution in [3.05, 3.63) is 35.4 Å². The SMILES string of the molecule is Cc1cccc(C(=O)OCCNS(C)(=O)=O)c1. The Morgan fingerprint density at radius 3 is 2.71 bits per heavy atom. The highest BCUT2D eigenvalue weighted by Gasteiger charge is 2.07. The minimum atomic E-state index is -3.23. The monoisotopic (exact) mass is 257 g/mol. The molecule has 0 atom stereocenters. The zero-order valence-corrected chi connectivity index (χ0v) is 10.6. The van der Waals surface area contributed by atoms with Gasteiger partial charge in [-0.05, 0) is 19.1 Å². The maximum atomic E-state index is 11.5. The fourth-order valence-electron chi connectivity index (χ4n) is 1.23. The average Bonchev–Trinajstić information content (AvgIpc) is 2.23. The Hall–Kier alpha value is -1.40. The number of carbonyl (C=O) groups is 1. The Morgan fingerprint density at radius 1 is 1.41 bits per heavy atom. The quantitative estimate of drug-likeness (QED) is 0.622. The molecule has 0 saturated carbocycles. The van der Waals surface area contributed by atoms with Crippen molar-refractivity contribution in [2.45, 2.75) is 6.92 Å². The van der Waals surface area contributed by atoms with E-state index < -0.39 is 16.0 Å². The molecule has 0 radical (unpaired) electrons. The summed E-state index contributed by atoms with van der Waals surface area (Å²) in [7, 11) is -3.23. The first-order valence-corrected chi connectivity index (χ1v) is 6.96. The van der Waals surface area contributed by atoms with Crippen LogP contribution in [0.25, 0.3) is 0 Å². The summed E-state index contributed by atoms with van der Waals surface area (Å²) in [6, 6.07) is 7.01. The van der Waals surface area contributed by atoms with E-state index in [2.05, 4.69) is 4.72 Å². The maximum absolute atomic E-state index is 11.5. The Kier molecular flexibility index (Phi) is 4.65. The van der Waals surface area contributed by atoms with Crippen molar-refractivity contribution in [3.8, 4) is 0 Å². The number of sulfonamides is 1. The van der Waals surface area contributed by atoms with Gasteiger partial charge in [-0.3, -0.25) is 0 Å². The van der Waals surface area contributed by atoms with Gasteiger partial charge in [0.2, 0.25) is 10.0 Å². The lowest BCUT2D eigenvalue weighted by atomic mass is 10.1. The third-order valence-corrected chi connectivity index (χ3v) is 2.68. The molecule has 94 valence electrons. The van der Waals surface area contributed by atoms with Gasteiger partial charge in [-0.15, -0.1) is 0 Å². The van der Waals surface area contributed by atoms with E-state index >= 15 is 0 Å². The van der Waals surface area contributed by atoms with E-state index in [9.17, 15) is 13.2 Å². The second-order valence-corrected chi connectivity index (χ2v) is 5.50. The van der Waals surface area contributed by atoms with E-state index in [0.29, 0.717) is 5.56 Å². The first-order chi connectivity index (χ1) is 7.88. The summed E-state index contributed by atoms with van der Waals surface area (Å²) >= 11 is 0. The zero-order chi connectivity index (χ0) is 12.9. The molecule has 6 heteroatoms. The van der Waals surface area contributed by atoms with Gasteiger partial charge in [0.05, 0.1) is 11.8 Å². The molecule has 0 aliphatic rings. The number of carbonyl (C=O) groups excluding carboxylic acids is 1. The second-order valence-electron chi connectivity index (χ2n) is 3.67. The number of hydrogen-bond acceptors (Lipinski definition) is 4. The molecule has 0 amide bonds. The number of rotatable bonds is 5. The van der Waals surface area contributed by atoms with Crippen LogP contribution in [0.1, 0.15) is 15.9 Å². The number of ether oxygens (including phenoxy) is 1. The van der Waals surface area contributed by atoms with Gasteiger partial charge < -0.3 is 4.74 Å². The summed E-state index contributed by atoms with van der Waals surface area (Å²) in [6.45, 7) is 1.97. The van der Waals surface area contributed by atoms with Crippen LogP contribution in [0.2, 0.25) is 0 Å². The average molecular weight is 257 g/mol. The zero-order valence-electron chi connectivity index (χ0n) is 9.76. The van der Waals surface area contributed by atoms with Crippen LogP contribution >= 0.6 is 0 Å². The van der Waals surface area contributed by atoms with E-state index in [1.165, 1.54) is 0 Å². The molecule has 0 fully saturated rings. The number of aryl methyl sites for hydroxylation is 1. The molecule has 1 aromatic rings. The third kappa shape index (κ3) is 5.46. The van der Waals surface area contributed by atoms with E-state index in [1.807, 2.05) is 13.0 Å². The van der Waals surface area contributed by atoms with Gasteiger partial charge in [0.1, 0.15) is 6.61 Å². The van der Waals surface area contributed by atoms with Crippen LogP contribution in [0.4, 0.5) is 0 Å². The molecular weight excluding hydrogens is 242 g/mol. The minimum absolute atomic E-state index is 0.0137. The van der Waals surface area contributed by atoms with Gasteiger partial charge in [0.15, 0.2) is 0 Å². The molecule has 0 aliphatic carbocycles. The molecular formula is C11H15NO4S. The molecule has 0 heterocycles. The summed E-state index contributed by atoms with van der Waals surface area (Å²) in [5, 5.41) is 0. The highest BCUT2D eigenvalue weighted by molar-refractivity contribution is 7.88. The second kappa shape index (κ2) is 5.79. The molecule has 17 heavy (non-hydrogen) atoms. The van der Waals surface area contributed by atoms with E-state index in [4.69, 9.17) is 4.74 Å². The first-order valence-electron chi connectivity index (χ1n) is 5.07.